The Balaban J connectivity index is 1.37. The molecule has 12 heteroatoms. The van der Waals surface area contributed by atoms with E-state index in [1.807, 2.05) is 22.6 Å². The Bertz CT molecular complexity index is 1530. The molecule has 5 rings (SSSR count). The summed E-state index contributed by atoms with van der Waals surface area (Å²) in [6, 6.07) is 13.1. The number of fused-ring (bicyclic) bond motifs is 1. The van der Waals surface area contributed by atoms with Gasteiger partial charge in [-0.15, -0.1) is 0 Å². The van der Waals surface area contributed by atoms with Crippen LogP contribution in [0.3, 0.4) is 0 Å². The van der Waals surface area contributed by atoms with Gasteiger partial charge in [-0.05, 0) is 81.9 Å². The van der Waals surface area contributed by atoms with Crippen LogP contribution in [0.4, 0.5) is 4.79 Å². The van der Waals surface area contributed by atoms with Gasteiger partial charge in [0.1, 0.15) is 0 Å². The van der Waals surface area contributed by atoms with Gasteiger partial charge in [0.25, 0.3) is 11.1 Å². The normalized spacial score (nSPS) is 15.4. The molecule has 3 aromatic carbocycles. The molecule has 2 aliphatic heterocycles. The van der Waals surface area contributed by atoms with E-state index in [1.54, 1.807) is 54.6 Å². The molecular weight excluding hydrogens is 668 g/mol. The fraction of sp³-hybridized carbons (Fsp3) is 0.115. The molecule has 194 valence electrons. The van der Waals surface area contributed by atoms with E-state index in [4.69, 9.17) is 42.1 Å². The molecule has 0 saturated carbocycles. The molecule has 38 heavy (non-hydrogen) atoms. The second kappa shape index (κ2) is 11.0. The van der Waals surface area contributed by atoms with Gasteiger partial charge in [-0.2, -0.15) is 0 Å². The van der Waals surface area contributed by atoms with Crippen LogP contribution in [0.25, 0.3) is 6.08 Å². The Labute approximate surface area is 244 Å². The van der Waals surface area contributed by atoms with Crippen molar-refractivity contribution in [3.63, 3.8) is 0 Å². The third-order valence-corrected chi connectivity index (χ3v) is 7.97. The Kier molecular flexibility index (Phi) is 7.75. The van der Waals surface area contributed by atoms with Gasteiger partial charge in [0.2, 0.25) is 6.79 Å². The molecule has 0 radical (unpaired) electrons. The zero-order valence-electron chi connectivity index (χ0n) is 19.5. The fourth-order valence-corrected chi connectivity index (χ4v) is 5.74. The van der Waals surface area contributed by atoms with E-state index in [1.165, 1.54) is 7.11 Å². The molecule has 0 bridgehead atoms. The molecule has 0 atom stereocenters. The average molecular weight is 684 g/mol. The van der Waals surface area contributed by atoms with Crippen molar-refractivity contribution in [1.82, 2.24) is 4.90 Å². The van der Waals surface area contributed by atoms with Crippen molar-refractivity contribution in [2.45, 2.75) is 6.54 Å². The third-order valence-electron chi connectivity index (χ3n) is 5.58. The number of amides is 2. The first-order valence-corrected chi connectivity index (χ1v) is 13.6. The van der Waals surface area contributed by atoms with Crippen molar-refractivity contribution in [3.05, 3.63) is 83.7 Å². The lowest BCUT2D eigenvalue weighted by Gasteiger charge is -2.14. The molecule has 2 amide bonds. The number of benzene rings is 3. The summed E-state index contributed by atoms with van der Waals surface area (Å²) in [4.78, 5) is 39.8. The van der Waals surface area contributed by atoms with E-state index < -0.39 is 17.1 Å². The van der Waals surface area contributed by atoms with Crippen molar-refractivity contribution in [2.24, 2.45) is 0 Å². The maximum Gasteiger partial charge on any atom is 0.345 e. The van der Waals surface area contributed by atoms with Gasteiger partial charge in [-0.3, -0.25) is 14.5 Å². The van der Waals surface area contributed by atoms with Crippen LogP contribution in [0.15, 0.2) is 53.4 Å². The van der Waals surface area contributed by atoms with Crippen molar-refractivity contribution < 1.29 is 33.3 Å². The smallest absolute Gasteiger partial charge is 0.345 e. The zero-order chi connectivity index (χ0) is 27.0. The lowest BCUT2D eigenvalue weighted by atomic mass is 10.1. The SMILES string of the molecule is COc1cc(/C=C2\SC(=O)N(Cc3cc4c(cc3Cl)OCO4)C2=O)cc(I)c1OC(=O)c1ccccc1Cl. The molecule has 2 aliphatic rings. The minimum absolute atomic E-state index is 0.0186. The number of nitrogens with zero attached hydrogens (tertiary/aromatic N) is 1. The molecule has 0 aromatic heterocycles. The Morgan fingerprint density at radius 3 is 2.58 bits per heavy atom. The van der Waals surface area contributed by atoms with Crippen LogP contribution in [0, 0.1) is 3.57 Å². The van der Waals surface area contributed by atoms with Crippen LogP contribution in [0.1, 0.15) is 21.5 Å². The van der Waals surface area contributed by atoms with Gasteiger partial charge in [0.05, 0.1) is 32.7 Å². The average Bonchev–Trinajstić information content (AvgIpc) is 3.44. The Morgan fingerprint density at radius 2 is 1.84 bits per heavy atom. The highest BCUT2D eigenvalue weighted by Crippen LogP contribution is 2.40. The maximum absolute atomic E-state index is 13.1. The molecule has 1 saturated heterocycles. The van der Waals surface area contributed by atoms with Crippen LogP contribution in [-0.4, -0.2) is 35.9 Å². The summed E-state index contributed by atoms with van der Waals surface area (Å²) in [5, 5.41) is 0.196. The predicted molar refractivity (Wildman–Crippen MR) is 151 cm³/mol. The van der Waals surface area contributed by atoms with E-state index in [9.17, 15) is 14.4 Å². The van der Waals surface area contributed by atoms with Crippen LogP contribution in [0.2, 0.25) is 10.0 Å². The summed E-state index contributed by atoms with van der Waals surface area (Å²) in [5.41, 5.74) is 1.35. The maximum atomic E-state index is 13.1. The summed E-state index contributed by atoms with van der Waals surface area (Å²) in [6.45, 7) is 0.0644. The number of esters is 1. The molecule has 0 aliphatic carbocycles. The van der Waals surface area contributed by atoms with Gasteiger partial charge in [-0.25, -0.2) is 4.79 Å². The first-order chi connectivity index (χ1) is 18.2. The minimum Gasteiger partial charge on any atom is -0.493 e. The topological polar surface area (TPSA) is 91.4 Å². The van der Waals surface area contributed by atoms with Crippen LogP contribution in [-0.2, 0) is 11.3 Å². The lowest BCUT2D eigenvalue weighted by molar-refractivity contribution is -0.123. The monoisotopic (exact) mass is 683 g/mol. The Morgan fingerprint density at radius 1 is 1.11 bits per heavy atom. The van der Waals surface area contributed by atoms with Crippen molar-refractivity contribution in [1.29, 1.82) is 0 Å². The summed E-state index contributed by atoms with van der Waals surface area (Å²) >= 11 is 15.3. The van der Waals surface area contributed by atoms with Crippen LogP contribution >= 0.6 is 57.6 Å². The number of hydrogen-bond acceptors (Lipinski definition) is 8. The highest BCUT2D eigenvalue weighted by molar-refractivity contribution is 14.1. The summed E-state index contributed by atoms with van der Waals surface area (Å²) in [7, 11) is 1.44. The van der Waals surface area contributed by atoms with Crippen molar-refractivity contribution in [2.75, 3.05) is 13.9 Å². The zero-order valence-corrected chi connectivity index (χ0v) is 23.9. The number of rotatable bonds is 6. The molecule has 0 unspecified atom stereocenters. The first-order valence-electron chi connectivity index (χ1n) is 10.9. The quantitative estimate of drug-likeness (QED) is 0.121. The molecule has 2 heterocycles. The number of thioether (sulfide) groups is 1. The Hall–Kier alpha value is -2.93. The second-order valence-corrected chi connectivity index (χ2v) is 10.9. The number of carbonyl (C=O) groups excluding carboxylic acids is 3. The van der Waals surface area contributed by atoms with E-state index in [-0.39, 0.29) is 40.3 Å². The number of carbonyl (C=O) groups is 3. The predicted octanol–water partition coefficient (Wildman–Crippen LogP) is 6.79. The summed E-state index contributed by atoms with van der Waals surface area (Å²) < 4.78 is 22.3. The number of methoxy groups -OCH3 is 1. The summed E-state index contributed by atoms with van der Waals surface area (Å²) in [6.07, 6.45) is 1.58. The van der Waals surface area contributed by atoms with Crippen LogP contribution in [0.5, 0.6) is 23.0 Å². The van der Waals surface area contributed by atoms with Crippen molar-refractivity contribution in [3.8, 4) is 23.0 Å². The first kappa shape index (κ1) is 26.7. The molecule has 0 N–H and O–H groups in total. The third kappa shape index (κ3) is 5.31. The fourth-order valence-electron chi connectivity index (χ4n) is 3.74. The summed E-state index contributed by atoms with van der Waals surface area (Å²) in [5.74, 6) is 0.400. The minimum atomic E-state index is -0.636. The van der Waals surface area contributed by atoms with E-state index in [0.717, 1.165) is 16.7 Å². The van der Waals surface area contributed by atoms with Gasteiger partial charge in [-0.1, -0.05) is 35.3 Å². The van der Waals surface area contributed by atoms with E-state index >= 15 is 0 Å². The molecule has 3 aromatic rings. The van der Waals surface area contributed by atoms with Gasteiger partial charge in [0.15, 0.2) is 23.0 Å². The van der Waals surface area contributed by atoms with Gasteiger partial charge >= 0.3 is 5.97 Å². The second-order valence-electron chi connectivity index (χ2n) is 7.97. The van der Waals surface area contributed by atoms with Gasteiger partial charge in [0, 0.05) is 11.1 Å². The van der Waals surface area contributed by atoms with E-state index in [2.05, 4.69) is 0 Å². The lowest BCUT2D eigenvalue weighted by Crippen LogP contribution is -2.27. The number of ether oxygens (including phenoxy) is 4. The molecular formula is C26H16Cl2INO7S. The van der Waals surface area contributed by atoms with E-state index in [0.29, 0.717) is 31.2 Å². The number of imide groups is 1. The van der Waals surface area contributed by atoms with Crippen molar-refractivity contribution >= 4 is 80.7 Å². The molecule has 1 fully saturated rings. The standard InChI is InChI=1S/C26H16Cl2INO7S/c1-34-21-7-13(6-18(29)23(21)37-25(32)15-4-2-3-5-16(15)27)8-22-24(31)30(26(33)38-22)11-14-9-19-20(10-17(14)28)36-12-35-19/h2-10H,11-12H2,1H3/b22-8-. The number of halogens is 3. The highest BCUT2D eigenvalue weighted by Gasteiger charge is 2.36. The molecule has 8 nitrogen and oxygen atoms in total. The largest absolute Gasteiger partial charge is 0.493 e. The number of hydrogen-bond donors (Lipinski definition) is 0. The van der Waals surface area contributed by atoms with Gasteiger partial charge < -0.3 is 18.9 Å². The molecule has 0 spiro atoms. The highest BCUT2D eigenvalue weighted by atomic mass is 127. The van der Waals surface area contributed by atoms with Crippen LogP contribution < -0.4 is 18.9 Å².